The van der Waals surface area contributed by atoms with Crippen molar-refractivity contribution in [2.75, 3.05) is 6.16 Å². The zero-order chi connectivity index (χ0) is 28.0. The topological polar surface area (TPSA) is 54.4 Å². The Bertz CT molecular complexity index is 1270. The second kappa shape index (κ2) is 15.5. The van der Waals surface area contributed by atoms with Crippen LogP contribution in [-0.4, -0.2) is 19.1 Å². The Morgan fingerprint density at radius 2 is 1.08 bits per heavy atom. The van der Waals surface area contributed by atoms with Crippen LogP contribution in [0.5, 0.6) is 0 Å². The van der Waals surface area contributed by atoms with Crippen LogP contribution < -0.4 is 15.9 Å². The first kappa shape index (κ1) is 30.5. The van der Waals surface area contributed by atoms with E-state index in [4.69, 9.17) is 4.55 Å². The van der Waals surface area contributed by atoms with Gasteiger partial charge < -0.3 is 0 Å². The van der Waals surface area contributed by atoms with E-state index >= 15 is 0 Å². The van der Waals surface area contributed by atoms with Crippen LogP contribution in [0.2, 0.25) is 0 Å². The molecule has 39 heavy (non-hydrogen) atoms. The maximum Gasteiger partial charge on any atom is 0.294 e. The first-order valence-electron chi connectivity index (χ1n) is 13.7. The van der Waals surface area contributed by atoms with Crippen LogP contribution in [0.3, 0.4) is 0 Å². The van der Waals surface area contributed by atoms with Crippen molar-refractivity contribution in [1.29, 1.82) is 0 Å². The summed E-state index contributed by atoms with van der Waals surface area (Å²) in [6.07, 6.45) is 12.3. The van der Waals surface area contributed by atoms with Crippen molar-refractivity contribution < 1.29 is 13.0 Å². The van der Waals surface area contributed by atoms with Gasteiger partial charge in [-0.05, 0) is 19.1 Å². The van der Waals surface area contributed by atoms with E-state index in [2.05, 4.69) is 110 Å². The summed E-state index contributed by atoms with van der Waals surface area (Å²) in [5.41, 5.74) is 0.956. The summed E-state index contributed by atoms with van der Waals surface area (Å²) in [5.74, 6) is 0. The predicted octanol–water partition coefficient (Wildman–Crippen LogP) is 7.48. The van der Waals surface area contributed by atoms with Crippen LogP contribution in [0.1, 0.15) is 44.6 Å². The minimum absolute atomic E-state index is 0.0666. The molecule has 0 aromatic heterocycles. The second-order valence-corrected chi connectivity index (χ2v) is 15.3. The first-order chi connectivity index (χ1) is 18.9. The smallest absolute Gasteiger partial charge is 0.282 e. The van der Waals surface area contributed by atoms with Crippen molar-refractivity contribution in [3.05, 3.63) is 133 Å². The van der Waals surface area contributed by atoms with Gasteiger partial charge in [-0.25, -0.2) is 0 Å². The molecular weight excluding hydrogens is 519 g/mol. The number of rotatable bonds is 11. The van der Waals surface area contributed by atoms with Crippen LogP contribution in [0.15, 0.2) is 132 Å². The predicted molar refractivity (Wildman–Crippen MR) is 170 cm³/mol. The van der Waals surface area contributed by atoms with E-state index in [9.17, 15) is 8.42 Å². The van der Waals surface area contributed by atoms with Gasteiger partial charge in [-0.15, -0.1) is 0 Å². The second-order valence-electron chi connectivity index (χ2n) is 9.80. The largest absolute Gasteiger partial charge is 0.294 e. The van der Waals surface area contributed by atoms with Crippen LogP contribution in [-0.2, 0) is 10.1 Å². The minimum atomic E-state index is -4.02. The molecule has 0 unspecified atom stereocenters. The molecule has 0 atom stereocenters. The zero-order valence-electron chi connectivity index (χ0n) is 23.0. The average molecular weight is 561 g/mol. The quantitative estimate of drug-likeness (QED) is 0.0895. The third-order valence-corrected chi connectivity index (χ3v) is 12.8. The average Bonchev–Trinajstić information content (AvgIpc) is 2.96. The zero-order valence-corrected chi connectivity index (χ0v) is 24.9. The number of allylic oxidation sites excluding steroid dienone is 2. The summed E-state index contributed by atoms with van der Waals surface area (Å²) in [6.45, 7) is 4.11. The van der Waals surface area contributed by atoms with E-state index in [1.165, 1.54) is 59.9 Å². The van der Waals surface area contributed by atoms with E-state index < -0.39 is 17.4 Å². The molecule has 4 aromatic rings. The number of hydrogen-bond donors (Lipinski definition) is 1. The Labute approximate surface area is 235 Å². The van der Waals surface area contributed by atoms with E-state index in [1.54, 1.807) is 12.1 Å². The molecule has 0 heterocycles. The molecule has 5 heteroatoms. The fourth-order valence-corrected chi connectivity index (χ4v) is 10.1. The Kier molecular flexibility index (Phi) is 12.1. The minimum Gasteiger partial charge on any atom is -0.282 e. The van der Waals surface area contributed by atoms with Gasteiger partial charge in [-0.3, -0.25) is 4.55 Å². The molecule has 1 N–H and O–H groups in total. The van der Waals surface area contributed by atoms with Crippen LogP contribution in [0.25, 0.3) is 0 Å². The first-order valence-corrected chi connectivity index (χ1v) is 17.4. The molecule has 0 fully saturated rings. The van der Waals surface area contributed by atoms with Crippen molar-refractivity contribution >= 4 is 33.3 Å². The third-order valence-electron chi connectivity index (χ3n) is 6.95. The summed E-state index contributed by atoms with van der Waals surface area (Å²) in [4.78, 5) is -0.0666. The van der Waals surface area contributed by atoms with Crippen LogP contribution in [0.4, 0.5) is 0 Å². The number of unbranched alkanes of at least 4 members (excludes halogenated alkanes) is 3. The van der Waals surface area contributed by atoms with Gasteiger partial charge in [0.2, 0.25) is 0 Å². The van der Waals surface area contributed by atoms with Crippen molar-refractivity contribution in [1.82, 2.24) is 0 Å². The van der Waals surface area contributed by atoms with E-state index in [-0.39, 0.29) is 4.90 Å². The molecule has 0 aliphatic rings. The van der Waals surface area contributed by atoms with Crippen molar-refractivity contribution in [3.63, 3.8) is 0 Å². The summed E-state index contributed by atoms with van der Waals surface area (Å²) < 4.78 is 29.6. The molecule has 3 nitrogen and oxygen atoms in total. The Morgan fingerprint density at radius 1 is 0.641 bits per heavy atom. The van der Waals surface area contributed by atoms with Crippen molar-refractivity contribution in [3.8, 4) is 0 Å². The monoisotopic (exact) mass is 560 g/mol. The molecule has 0 saturated heterocycles. The molecule has 0 aliphatic carbocycles. The molecule has 0 spiro atoms. The Morgan fingerprint density at radius 3 is 1.49 bits per heavy atom. The molecule has 206 valence electrons. The molecule has 4 rings (SSSR count). The maximum absolute atomic E-state index is 10.5. The Hall–Kier alpha value is -3.04. The van der Waals surface area contributed by atoms with Gasteiger partial charge in [-0.2, -0.15) is 8.42 Å². The molecular formula is C34H41O3PS. The molecule has 4 aromatic carbocycles. The van der Waals surface area contributed by atoms with E-state index in [0.717, 1.165) is 12.0 Å². The summed E-state index contributed by atoms with van der Waals surface area (Å²) in [7, 11) is -6.07. The summed E-state index contributed by atoms with van der Waals surface area (Å²) in [6, 6.07) is 39.6. The molecule has 0 saturated carbocycles. The molecule has 0 aliphatic heterocycles. The van der Waals surface area contributed by atoms with Gasteiger partial charge in [0.1, 0.15) is 0 Å². The van der Waals surface area contributed by atoms with E-state index in [0.29, 0.717) is 0 Å². The molecule has 0 radical (unpaired) electrons. The fraction of sp³-hybridized carbons (Fsp3) is 0.235. The Balaban J connectivity index is 0.000000320. The standard InChI is InChI=1S/C27H33P.C7H8O3S/c1-2-3-4-5-6-7-17-24-28(25-18-11-8-12-19-25,26-20-13-9-14-21-26)27-22-15-10-16-23-27;1-6-2-4-7(5-3-6)11(8,9)10/h6-16,18-23,28H,2-5,17,24H2,1H3;2-5H,1H3,(H,8,9,10)/b7-6-;. The number of aryl methyl sites for hydroxylation is 1. The van der Waals surface area contributed by atoms with Gasteiger partial charge in [0.25, 0.3) is 10.1 Å². The fourth-order valence-electron chi connectivity index (χ4n) is 4.86. The molecule has 0 bridgehead atoms. The maximum atomic E-state index is 10.5. The van der Waals surface area contributed by atoms with Crippen molar-refractivity contribution in [2.45, 2.75) is 50.8 Å². The van der Waals surface area contributed by atoms with Gasteiger partial charge in [0.05, 0.1) is 4.90 Å². The SMILES string of the molecule is CCCCC/C=C\CC[PH](c1ccccc1)(c1ccccc1)c1ccccc1.Cc1ccc(S(=O)(=O)O)cc1. The molecule has 0 amide bonds. The van der Waals surface area contributed by atoms with Gasteiger partial charge in [-0.1, -0.05) is 17.7 Å². The normalized spacial score (nSPS) is 12.1. The van der Waals surface area contributed by atoms with Gasteiger partial charge in [0, 0.05) is 0 Å². The van der Waals surface area contributed by atoms with Crippen LogP contribution in [0, 0.1) is 6.92 Å². The number of hydrogen-bond acceptors (Lipinski definition) is 2. The van der Waals surface area contributed by atoms with Crippen molar-refractivity contribution in [2.24, 2.45) is 0 Å². The third kappa shape index (κ3) is 9.00. The van der Waals surface area contributed by atoms with E-state index in [1.807, 2.05) is 6.92 Å². The van der Waals surface area contributed by atoms with Gasteiger partial charge >= 0.3 is 172 Å². The summed E-state index contributed by atoms with van der Waals surface area (Å²) in [5, 5.41) is 4.52. The summed E-state index contributed by atoms with van der Waals surface area (Å²) >= 11 is 0. The number of benzene rings is 4. The van der Waals surface area contributed by atoms with Gasteiger partial charge in [0.15, 0.2) is 0 Å². The van der Waals surface area contributed by atoms with Crippen LogP contribution >= 0.6 is 7.26 Å².